The van der Waals surface area contributed by atoms with Crippen LogP contribution in [0.3, 0.4) is 0 Å². The Labute approximate surface area is 140 Å². The molecule has 0 aliphatic heterocycles. The zero-order valence-electron chi connectivity index (χ0n) is 13.1. The number of nitrogens with zero attached hydrogens (tertiary/aromatic N) is 1. The first kappa shape index (κ1) is 16.6. The van der Waals surface area contributed by atoms with E-state index >= 15 is 0 Å². The van der Waals surface area contributed by atoms with Crippen molar-refractivity contribution in [3.05, 3.63) is 58.1 Å². The molecule has 0 N–H and O–H groups in total. The highest BCUT2D eigenvalue weighted by Crippen LogP contribution is 2.29. The van der Waals surface area contributed by atoms with Gasteiger partial charge in [-0.25, -0.2) is 0 Å². The molecule has 3 nitrogen and oxygen atoms in total. The summed E-state index contributed by atoms with van der Waals surface area (Å²) in [5.41, 5.74) is 3.09. The topological polar surface area (TPSA) is 30.8 Å². The van der Waals surface area contributed by atoms with Gasteiger partial charge >= 0.3 is 0 Å². The van der Waals surface area contributed by atoms with Gasteiger partial charge in [-0.1, -0.05) is 40.2 Å². The summed E-state index contributed by atoms with van der Waals surface area (Å²) in [6.07, 6.45) is 0.885. The fourth-order valence-corrected chi connectivity index (χ4v) is 2.82. The molecular formula is C18H20BrNO2. The Bertz CT molecular complexity index is 646. The predicted molar refractivity (Wildman–Crippen MR) is 94.5 cm³/mol. The second-order valence-electron chi connectivity index (χ2n) is 4.85. The first-order valence-corrected chi connectivity index (χ1v) is 7.92. The normalized spacial score (nSPS) is 11.4. The molecule has 2 aromatic rings. The van der Waals surface area contributed by atoms with Crippen LogP contribution < -0.4 is 9.47 Å². The first-order valence-electron chi connectivity index (χ1n) is 7.13. The molecule has 0 aromatic heterocycles. The van der Waals surface area contributed by atoms with Crippen LogP contribution in [0.5, 0.6) is 11.5 Å². The van der Waals surface area contributed by atoms with Crippen molar-refractivity contribution >= 4 is 21.6 Å². The van der Waals surface area contributed by atoms with Crippen molar-refractivity contribution in [1.82, 2.24) is 0 Å². The number of benzene rings is 2. The van der Waals surface area contributed by atoms with E-state index < -0.39 is 0 Å². The van der Waals surface area contributed by atoms with E-state index in [1.807, 2.05) is 37.3 Å². The Balaban J connectivity index is 2.18. The average molecular weight is 362 g/mol. The molecule has 0 amide bonds. The van der Waals surface area contributed by atoms with Crippen molar-refractivity contribution in [3.8, 4) is 11.5 Å². The lowest BCUT2D eigenvalue weighted by Crippen LogP contribution is -2.04. The van der Waals surface area contributed by atoms with Gasteiger partial charge in [-0.3, -0.25) is 4.99 Å². The van der Waals surface area contributed by atoms with Crippen LogP contribution in [0.15, 0.2) is 51.9 Å². The lowest BCUT2D eigenvalue weighted by molar-refractivity contribution is 0.393. The molecule has 4 heteroatoms. The molecule has 0 atom stereocenters. The van der Waals surface area contributed by atoms with Crippen LogP contribution in [0, 0.1) is 0 Å². The lowest BCUT2D eigenvalue weighted by atomic mass is 10.1. The molecule has 0 aliphatic carbocycles. The third-order valence-electron chi connectivity index (χ3n) is 3.48. The summed E-state index contributed by atoms with van der Waals surface area (Å²) >= 11 is 3.57. The second kappa shape index (κ2) is 7.99. The fourth-order valence-electron chi connectivity index (χ4n) is 2.33. The molecule has 0 aliphatic rings. The van der Waals surface area contributed by atoms with E-state index in [2.05, 4.69) is 33.1 Å². The van der Waals surface area contributed by atoms with Crippen LogP contribution in [-0.4, -0.2) is 26.5 Å². The minimum atomic E-state index is 0.718. The minimum absolute atomic E-state index is 0.718. The molecule has 0 fully saturated rings. The summed E-state index contributed by atoms with van der Waals surface area (Å²) in [4.78, 5) is 4.68. The van der Waals surface area contributed by atoms with E-state index in [1.54, 1.807) is 14.2 Å². The largest absolute Gasteiger partial charge is 0.496 e. The molecule has 2 rings (SSSR count). The molecule has 0 bridgehead atoms. The summed E-state index contributed by atoms with van der Waals surface area (Å²) in [5, 5.41) is 0. The van der Waals surface area contributed by atoms with Gasteiger partial charge in [-0.2, -0.15) is 0 Å². The maximum absolute atomic E-state index is 5.42. The van der Waals surface area contributed by atoms with Crippen molar-refractivity contribution in [1.29, 1.82) is 0 Å². The summed E-state index contributed by atoms with van der Waals surface area (Å²) in [6.45, 7) is 2.70. The molecule has 0 spiro atoms. The van der Waals surface area contributed by atoms with Gasteiger partial charge in [0.25, 0.3) is 0 Å². The number of rotatable bonds is 6. The number of methoxy groups -OCH3 is 2. The van der Waals surface area contributed by atoms with Gasteiger partial charge in [0.2, 0.25) is 0 Å². The second-order valence-corrected chi connectivity index (χ2v) is 5.70. The Morgan fingerprint density at radius 2 is 1.64 bits per heavy atom. The highest BCUT2D eigenvalue weighted by molar-refractivity contribution is 9.10. The summed E-state index contributed by atoms with van der Waals surface area (Å²) in [5.74, 6) is 1.56. The average Bonchev–Trinajstić information content (AvgIpc) is 2.55. The Kier molecular flexibility index (Phi) is 6.01. The van der Waals surface area contributed by atoms with Crippen LogP contribution in [0.25, 0.3) is 0 Å². The van der Waals surface area contributed by atoms with Crippen molar-refractivity contribution in [3.63, 3.8) is 0 Å². The van der Waals surface area contributed by atoms with Gasteiger partial charge in [0.1, 0.15) is 11.5 Å². The highest BCUT2D eigenvalue weighted by Gasteiger charge is 2.12. The summed E-state index contributed by atoms with van der Waals surface area (Å²) < 4.78 is 12.0. The Morgan fingerprint density at radius 1 is 1.00 bits per heavy atom. The van der Waals surface area contributed by atoms with Crippen molar-refractivity contribution in [2.24, 2.45) is 4.99 Å². The number of aliphatic imine (C=N–C) groups is 1. The van der Waals surface area contributed by atoms with Gasteiger partial charge in [0, 0.05) is 16.7 Å². The van der Waals surface area contributed by atoms with E-state index in [1.165, 1.54) is 5.56 Å². The van der Waals surface area contributed by atoms with Gasteiger partial charge in [0.15, 0.2) is 0 Å². The molecule has 0 radical (unpaired) electrons. The van der Waals surface area contributed by atoms with Gasteiger partial charge in [0.05, 0.1) is 19.8 Å². The molecule has 2 aromatic carbocycles. The van der Waals surface area contributed by atoms with Crippen LogP contribution in [0.2, 0.25) is 0 Å². The van der Waals surface area contributed by atoms with Crippen LogP contribution in [-0.2, 0) is 6.42 Å². The molecule has 0 saturated heterocycles. The van der Waals surface area contributed by atoms with E-state index in [0.29, 0.717) is 0 Å². The molecule has 0 heterocycles. The summed E-state index contributed by atoms with van der Waals surface area (Å²) in [7, 11) is 3.32. The van der Waals surface area contributed by atoms with Crippen LogP contribution >= 0.6 is 15.9 Å². The van der Waals surface area contributed by atoms with E-state index in [-0.39, 0.29) is 0 Å². The minimum Gasteiger partial charge on any atom is -0.496 e. The molecule has 0 saturated carbocycles. The number of halogens is 1. The molecule has 0 unspecified atom stereocenters. The standard InChI is InChI=1S/C18H20BrNO2/c1-13(18-16(21-2)9-6-10-17(18)22-3)20-12-11-14-7-4-5-8-15(14)19/h4-10H,11-12H2,1-3H3. The van der Waals surface area contributed by atoms with Gasteiger partial charge in [-0.05, 0) is 37.1 Å². The highest BCUT2D eigenvalue weighted by atomic mass is 79.9. The SMILES string of the molecule is COc1cccc(OC)c1C(C)=NCCc1ccccc1Br. The molecular weight excluding hydrogens is 342 g/mol. The molecule has 116 valence electrons. The Morgan fingerprint density at radius 3 is 2.23 bits per heavy atom. The van der Waals surface area contributed by atoms with E-state index in [9.17, 15) is 0 Å². The monoisotopic (exact) mass is 361 g/mol. The number of hydrogen-bond donors (Lipinski definition) is 0. The van der Waals surface area contributed by atoms with Gasteiger partial charge < -0.3 is 9.47 Å². The van der Waals surface area contributed by atoms with Crippen molar-refractivity contribution < 1.29 is 9.47 Å². The Hall–Kier alpha value is -1.81. The number of hydrogen-bond acceptors (Lipinski definition) is 3. The van der Waals surface area contributed by atoms with Crippen LogP contribution in [0.1, 0.15) is 18.1 Å². The smallest absolute Gasteiger partial charge is 0.131 e. The van der Waals surface area contributed by atoms with E-state index in [0.717, 1.165) is 40.2 Å². The zero-order chi connectivity index (χ0) is 15.9. The molecule has 22 heavy (non-hydrogen) atoms. The third-order valence-corrected chi connectivity index (χ3v) is 4.25. The van der Waals surface area contributed by atoms with Crippen molar-refractivity contribution in [2.45, 2.75) is 13.3 Å². The van der Waals surface area contributed by atoms with E-state index in [4.69, 9.17) is 9.47 Å². The zero-order valence-corrected chi connectivity index (χ0v) is 14.7. The predicted octanol–water partition coefficient (Wildman–Crippen LogP) is 4.52. The maximum Gasteiger partial charge on any atom is 0.131 e. The maximum atomic E-state index is 5.42. The van der Waals surface area contributed by atoms with Gasteiger partial charge in [-0.15, -0.1) is 0 Å². The number of ether oxygens (including phenoxy) is 2. The quantitative estimate of drug-likeness (QED) is 0.708. The van der Waals surface area contributed by atoms with Crippen molar-refractivity contribution in [2.75, 3.05) is 20.8 Å². The fraction of sp³-hybridized carbons (Fsp3) is 0.278. The first-order chi connectivity index (χ1) is 10.7. The third kappa shape index (κ3) is 3.89. The lowest BCUT2D eigenvalue weighted by Gasteiger charge is -2.12. The summed E-state index contributed by atoms with van der Waals surface area (Å²) in [6, 6.07) is 14.0. The van der Waals surface area contributed by atoms with Crippen LogP contribution in [0.4, 0.5) is 0 Å².